The number of allylic oxidation sites excluding steroid dienone is 1. The van der Waals surface area contributed by atoms with Crippen molar-refractivity contribution in [2.24, 2.45) is 0 Å². The average Bonchev–Trinajstić information content (AvgIpc) is 2.97. The molecule has 0 bridgehead atoms. The number of hydrogen-bond donors (Lipinski definition) is 1. The van der Waals surface area contributed by atoms with Crippen molar-refractivity contribution in [3.63, 3.8) is 0 Å². The molecule has 4 nitrogen and oxygen atoms in total. The fourth-order valence-electron chi connectivity index (χ4n) is 2.37. The number of aryl methyl sites for hydroxylation is 2. The highest BCUT2D eigenvalue weighted by Crippen LogP contribution is 2.24. The summed E-state index contributed by atoms with van der Waals surface area (Å²) in [4.78, 5) is 15.3. The van der Waals surface area contributed by atoms with Crippen LogP contribution in [0.15, 0.2) is 43.0 Å². The summed E-state index contributed by atoms with van der Waals surface area (Å²) in [6.07, 6.45) is 12.3. The van der Waals surface area contributed by atoms with Crippen molar-refractivity contribution >= 4 is 17.7 Å². The molecular weight excluding hydrogens is 250 g/mol. The van der Waals surface area contributed by atoms with E-state index in [1.807, 2.05) is 24.7 Å². The molecule has 102 valence electrons. The molecule has 3 rings (SSSR count). The Balaban J connectivity index is 1.61. The summed E-state index contributed by atoms with van der Waals surface area (Å²) in [6, 6.07) is 6.18. The van der Waals surface area contributed by atoms with E-state index in [0.717, 1.165) is 25.1 Å². The molecule has 1 aliphatic heterocycles. The second kappa shape index (κ2) is 5.74. The zero-order chi connectivity index (χ0) is 13.8. The molecule has 1 N–H and O–H groups in total. The van der Waals surface area contributed by atoms with Crippen LogP contribution in [-0.2, 0) is 17.8 Å². The molecule has 1 aromatic heterocycles. The molecule has 2 heterocycles. The number of aromatic nitrogens is 2. The predicted molar refractivity (Wildman–Crippen MR) is 79.3 cm³/mol. The van der Waals surface area contributed by atoms with E-state index in [9.17, 15) is 4.79 Å². The molecule has 0 radical (unpaired) electrons. The van der Waals surface area contributed by atoms with Gasteiger partial charge in [0.1, 0.15) is 0 Å². The predicted octanol–water partition coefficient (Wildman–Crippen LogP) is 2.87. The summed E-state index contributed by atoms with van der Waals surface area (Å²) in [6.45, 7) is 0.942. The second-order valence-corrected chi connectivity index (χ2v) is 4.96. The Labute approximate surface area is 118 Å². The Bertz CT molecular complexity index is 629. The van der Waals surface area contributed by atoms with E-state index < -0.39 is 0 Å². The lowest BCUT2D eigenvalue weighted by molar-refractivity contribution is -0.116. The van der Waals surface area contributed by atoms with Gasteiger partial charge in [-0.1, -0.05) is 18.2 Å². The zero-order valence-electron chi connectivity index (χ0n) is 11.2. The summed E-state index contributed by atoms with van der Waals surface area (Å²) in [7, 11) is 0. The first-order chi connectivity index (χ1) is 9.81. The summed E-state index contributed by atoms with van der Waals surface area (Å²) >= 11 is 0. The van der Waals surface area contributed by atoms with Crippen LogP contribution >= 0.6 is 0 Å². The lowest BCUT2D eigenvalue weighted by Gasteiger charge is -2.16. The van der Waals surface area contributed by atoms with Crippen LogP contribution < -0.4 is 5.32 Å². The van der Waals surface area contributed by atoms with E-state index in [1.54, 1.807) is 6.20 Å². The molecule has 1 aliphatic rings. The molecule has 2 aromatic rings. The number of carbonyl (C=O) groups is 1. The van der Waals surface area contributed by atoms with Crippen LogP contribution in [0.3, 0.4) is 0 Å². The molecule has 1 aromatic carbocycles. The summed E-state index contributed by atoms with van der Waals surface area (Å²) in [5, 5.41) is 2.90. The normalized spacial score (nSPS) is 14.3. The zero-order valence-corrected chi connectivity index (χ0v) is 11.2. The highest BCUT2D eigenvalue weighted by atomic mass is 16.1. The first-order valence-corrected chi connectivity index (χ1v) is 6.86. The van der Waals surface area contributed by atoms with Gasteiger partial charge < -0.3 is 9.88 Å². The maximum atomic E-state index is 11.3. The first kappa shape index (κ1) is 12.7. The molecule has 4 heteroatoms. The lowest BCUT2D eigenvalue weighted by Crippen LogP contribution is -2.18. The number of hydrogen-bond acceptors (Lipinski definition) is 2. The van der Waals surface area contributed by atoms with E-state index in [1.165, 1.54) is 11.1 Å². The summed E-state index contributed by atoms with van der Waals surface area (Å²) in [5.74, 6) is 0.112. The Morgan fingerprint density at radius 2 is 2.30 bits per heavy atom. The van der Waals surface area contributed by atoms with Crippen LogP contribution in [0.5, 0.6) is 0 Å². The van der Waals surface area contributed by atoms with Crippen LogP contribution in [0.25, 0.3) is 6.08 Å². The van der Waals surface area contributed by atoms with E-state index in [0.29, 0.717) is 6.42 Å². The van der Waals surface area contributed by atoms with Crippen molar-refractivity contribution < 1.29 is 4.79 Å². The van der Waals surface area contributed by atoms with E-state index in [-0.39, 0.29) is 5.91 Å². The van der Waals surface area contributed by atoms with Crippen LogP contribution in [0.2, 0.25) is 0 Å². The first-order valence-electron chi connectivity index (χ1n) is 6.86. The number of carbonyl (C=O) groups excluding carboxylic acids is 1. The number of benzene rings is 1. The van der Waals surface area contributed by atoms with Crippen LogP contribution in [0.1, 0.15) is 24.0 Å². The van der Waals surface area contributed by atoms with Crippen molar-refractivity contribution in [1.29, 1.82) is 0 Å². The van der Waals surface area contributed by atoms with Crippen LogP contribution in [0.4, 0.5) is 5.69 Å². The van der Waals surface area contributed by atoms with E-state index in [2.05, 4.69) is 33.1 Å². The maximum absolute atomic E-state index is 11.3. The topological polar surface area (TPSA) is 46.9 Å². The Hall–Kier alpha value is -2.36. The average molecular weight is 267 g/mol. The van der Waals surface area contributed by atoms with Gasteiger partial charge in [-0.2, -0.15) is 0 Å². The summed E-state index contributed by atoms with van der Waals surface area (Å²) in [5.41, 5.74) is 3.36. The fourth-order valence-corrected chi connectivity index (χ4v) is 2.37. The van der Waals surface area contributed by atoms with Crippen molar-refractivity contribution in [2.75, 3.05) is 5.32 Å². The third-order valence-corrected chi connectivity index (χ3v) is 3.45. The minimum atomic E-state index is 0.112. The molecule has 0 fully saturated rings. The van der Waals surface area contributed by atoms with Gasteiger partial charge in [-0.25, -0.2) is 4.98 Å². The van der Waals surface area contributed by atoms with Crippen LogP contribution in [0, 0.1) is 0 Å². The number of anilines is 1. The van der Waals surface area contributed by atoms with Gasteiger partial charge in [-0.05, 0) is 36.1 Å². The molecule has 0 saturated heterocycles. The number of fused-ring (bicyclic) bond motifs is 1. The Morgan fingerprint density at radius 1 is 1.35 bits per heavy atom. The van der Waals surface area contributed by atoms with Gasteiger partial charge in [0.15, 0.2) is 0 Å². The second-order valence-electron chi connectivity index (χ2n) is 4.96. The van der Waals surface area contributed by atoms with Crippen molar-refractivity contribution in [3.8, 4) is 0 Å². The molecule has 0 spiro atoms. The van der Waals surface area contributed by atoms with Crippen molar-refractivity contribution in [3.05, 3.63) is 54.1 Å². The van der Waals surface area contributed by atoms with Gasteiger partial charge in [-0.3, -0.25) is 4.79 Å². The van der Waals surface area contributed by atoms with Crippen molar-refractivity contribution in [2.45, 2.75) is 25.8 Å². The van der Waals surface area contributed by atoms with Gasteiger partial charge in [0, 0.05) is 31.0 Å². The van der Waals surface area contributed by atoms with Gasteiger partial charge in [0.2, 0.25) is 5.91 Å². The Morgan fingerprint density at radius 3 is 3.15 bits per heavy atom. The molecule has 0 unspecified atom stereocenters. The third-order valence-electron chi connectivity index (χ3n) is 3.45. The molecule has 0 aliphatic carbocycles. The number of amides is 1. The number of rotatable bonds is 4. The minimum absolute atomic E-state index is 0.112. The lowest BCUT2D eigenvalue weighted by atomic mass is 10.00. The maximum Gasteiger partial charge on any atom is 0.224 e. The largest absolute Gasteiger partial charge is 0.337 e. The minimum Gasteiger partial charge on any atom is -0.337 e. The smallest absolute Gasteiger partial charge is 0.224 e. The third kappa shape index (κ3) is 2.96. The quantitative estimate of drug-likeness (QED) is 0.926. The van der Waals surface area contributed by atoms with Gasteiger partial charge in [-0.15, -0.1) is 0 Å². The molecule has 0 saturated carbocycles. The molecule has 20 heavy (non-hydrogen) atoms. The monoisotopic (exact) mass is 267 g/mol. The Kier molecular flexibility index (Phi) is 3.63. The van der Waals surface area contributed by atoms with Gasteiger partial charge >= 0.3 is 0 Å². The summed E-state index contributed by atoms with van der Waals surface area (Å²) < 4.78 is 2.06. The van der Waals surface area contributed by atoms with E-state index >= 15 is 0 Å². The van der Waals surface area contributed by atoms with Crippen LogP contribution in [-0.4, -0.2) is 15.5 Å². The highest BCUT2D eigenvalue weighted by Gasteiger charge is 2.13. The SMILES string of the molecule is O=C1CCc2cc(C=CCCn3ccnc3)ccc2N1. The number of nitrogens with one attached hydrogen (secondary N) is 1. The highest BCUT2D eigenvalue weighted by molar-refractivity contribution is 5.94. The van der Waals surface area contributed by atoms with Crippen molar-refractivity contribution in [1.82, 2.24) is 9.55 Å². The van der Waals surface area contributed by atoms with E-state index in [4.69, 9.17) is 0 Å². The standard InChI is InChI=1S/C16H17N3O/c20-16-7-5-14-11-13(4-6-15(14)18-16)3-1-2-9-19-10-8-17-12-19/h1,3-4,6,8,10-12H,2,5,7,9H2,(H,18,20). The van der Waals surface area contributed by atoms with Gasteiger partial charge in [0.25, 0.3) is 0 Å². The van der Waals surface area contributed by atoms with Gasteiger partial charge in [0.05, 0.1) is 6.33 Å². The molecular formula is C16H17N3O. The number of imidazole rings is 1. The number of nitrogens with zero attached hydrogens (tertiary/aromatic N) is 2. The fraction of sp³-hybridized carbons (Fsp3) is 0.250. The molecule has 0 atom stereocenters. The molecule has 1 amide bonds.